The molecule has 0 aliphatic rings. The molecule has 0 bridgehead atoms. The van der Waals surface area contributed by atoms with Crippen LogP contribution >= 0.6 is 23.5 Å². The van der Waals surface area contributed by atoms with E-state index in [-0.39, 0.29) is 6.16 Å². The number of hydrogen-bond acceptors (Lipinski definition) is 2. The maximum Gasteiger partial charge on any atom is 0.328 e. The van der Waals surface area contributed by atoms with E-state index in [1.165, 1.54) is 0 Å². The topological polar surface area (TPSA) is 46.5 Å². The molecule has 0 saturated heterocycles. The Hall–Kier alpha value is 0.630. The summed E-state index contributed by atoms with van der Waals surface area (Å²) in [5.74, 6) is 0. The van der Waals surface area contributed by atoms with Crippen molar-refractivity contribution in [2.24, 2.45) is 0 Å². The Morgan fingerprint density at radius 2 is 2.33 bits per heavy atom. The summed E-state index contributed by atoms with van der Waals surface area (Å²) in [7, 11) is -3.24. The normalized spacial score (nSPS) is 17.2. The van der Waals surface area contributed by atoms with Crippen molar-refractivity contribution < 1.29 is 14.0 Å². The lowest BCUT2D eigenvalue weighted by Gasteiger charge is -2.07. The molecule has 1 unspecified atom stereocenters. The van der Waals surface area contributed by atoms with Crippen molar-refractivity contribution in [1.82, 2.24) is 0 Å². The van der Waals surface area contributed by atoms with Gasteiger partial charge in [-0.1, -0.05) is 15.9 Å². The molecule has 0 rings (SSSR count). The van der Waals surface area contributed by atoms with Crippen LogP contribution in [-0.2, 0) is 9.09 Å². The fraction of sp³-hybridized carbons (Fsp3) is 1.00. The number of rotatable bonds is 4. The van der Waals surface area contributed by atoms with E-state index >= 15 is 0 Å². The molecule has 0 radical (unpaired) electrons. The molecule has 0 aromatic rings. The second-order valence-corrected chi connectivity index (χ2v) is 4.24. The van der Waals surface area contributed by atoms with Crippen LogP contribution in [0.25, 0.3) is 0 Å². The van der Waals surface area contributed by atoms with Gasteiger partial charge in [0.2, 0.25) is 0 Å². The highest BCUT2D eigenvalue weighted by Gasteiger charge is 2.15. The van der Waals surface area contributed by atoms with Crippen molar-refractivity contribution in [3.8, 4) is 0 Å². The van der Waals surface area contributed by atoms with Gasteiger partial charge >= 0.3 is 7.60 Å². The van der Waals surface area contributed by atoms with Crippen LogP contribution in [0, 0.1) is 0 Å². The molecule has 1 N–H and O–H groups in total. The summed E-state index contributed by atoms with van der Waals surface area (Å²) < 4.78 is 15.3. The molecule has 0 aliphatic heterocycles. The van der Waals surface area contributed by atoms with E-state index in [1.807, 2.05) is 0 Å². The van der Waals surface area contributed by atoms with Crippen LogP contribution < -0.4 is 0 Å². The first-order chi connectivity index (χ1) is 4.12. The molecule has 0 fully saturated rings. The van der Waals surface area contributed by atoms with Crippen LogP contribution in [0.4, 0.5) is 0 Å². The monoisotopic (exact) mass is 216 g/mol. The molecule has 3 nitrogen and oxygen atoms in total. The van der Waals surface area contributed by atoms with E-state index in [2.05, 4.69) is 20.5 Å². The standard InChI is InChI=1S/C4H10BrO3P/c1-2-8-9(6,7)4-3-5/h2-4H2,1H3,(H,6,7). The quantitative estimate of drug-likeness (QED) is 0.574. The second kappa shape index (κ2) is 4.45. The van der Waals surface area contributed by atoms with Crippen molar-refractivity contribution in [2.45, 2.75) is 6.92 Å². The van der Waals surface area contributed by atoms with Gasteiger partial charge in [-0.15, -0.1) is 0 Å². The average molecular weight is 217 g/mol. The van der Waals surface area contributed by atoms with Crippen molar-refractivity contribution in [2.75, 3.05) is 18.1 Å². The predicted octanol–water partition coefficient (Wildman–Crippen LogP) is 1.60. The number of alkyl halides is 1. The average Bonchev–Trinajstić information content (AvgIpc) is 1.64. The molecule has 0 aliphatic carbocycles. The smallest absolute Gasteiger partial charge is 0.324 e. The molecule has 56 valence electrons. The Labute approximate surface area is 63.1 Å². The van der Waals surface area contributed by atoms with Crippen molar-refractivity contribution in [3.63, 3.8) is 0 Å². The predicted molar refractivity (Wildman–Crippen MR) is 40.1 cm³/mol. The Bertz CT molecular complexity index is 106. The number of halogens is 1. The molecule has 0 aromatic heterocycles. The fourth-order valence-corrected chi connectivity index (χ4v) is 2.46. The van der Waals surface area contributed by atoms with Crippen molar-refractivity contribution in [3.05, 3.63) is 0 Å². The molecule has 5 heteroatoms. The first-order valence-electron chi connectivity index (χ1n) is 2.64. The van der Waals surface area contributed by atoms with Gasteiger partial charge in [0.15, 0.2) is 0 Å². The highest BCUT2D eigenvalue weighted by Crippen LogP contribution is 2.41. The van der Waals surface area contributed by atoms with Gasteiger partial charge in [-0.3, -0.25) is 4.57 Å². The highest BCUT2D eigenvalue weighted by atomic mass is 79.9. The minimum Gasteiger partial charge on any atom is -0.324 e. The second-order valence-electron chi connectivity index (χ2n) is 1.47. The maximum atomic E-state index is 10.7. The molecule has 0 aromatic carbocycles. The van der Waals surface area contributed by atoms with Crippen LogP contribution in [0.2, 0.25) is 0 Å². The minimum atomic E-state index is -3.24. The van der Waals surface area contributed by atoms with Gasteiger partial charge in [-0.25, -0.2) is 0 Å². The van der Waals surface area contributed by atoms with Crippen LogP contribution in [-0.4, -0.2) is 23.0 Å². The first-order valence-corrected chi connectivity index (χ1v) is 5.53. The minimum absolute atomic E-state index is 0.181. The van der Waals surface area contributed by atoms with E-state index in [1.54, 1.807) is 6.92 Å². The van der Waals surface area contributed by atoms with Gasteiger partial charge in [-0.05, 0) is 6.92 Å². The van der Waals surface area contributed by atoms with Crippen LogP contribution in [0.1, 0.15) is 6.92 Å². The van der Waals surface area contributed by atoms with Crippen LogP contribution in [0.5, 0.6) is 0 Å². The SMILES string of the molecule is CCOP(=O)(O)CCBr. The first kappa shape index (κ1) is 9.63. The summed E-state index contributed by atoms with van der Waals surface area (Å²) >= 11 is 3.04. The zero-order valence-corrected chi connectivity index (χ0v) is 7.69. The Kier molecular flexibility index (Phi) is 4.76. The van der Waals surface area contributed by atoms with E-state index < -0.39 is 7.60 Å². The van der Waals surface area contributed by atoms with Gasteiger partial charge in [0, 0.05) is 5.33 Å². The lowest BCUT2D eigenvalue weighted by Crippen LogP contribution is -1.94. The van der Waals surface area contributed by atoms with Gasteiger partial charge < -0.3 is 9.42 Å². The summed E-state index contributed by atoms with van der Waals surface area (Å²) in [6, 6.07) is 0. The van der Waals surface area contributed by atoms with Gasteiger partial charge in [-0.2, -0.15) is 0 Å². The molecule has 0 amide bonds. The van der Waals surface area contributed by atoms with Crippen LogP contribution in [0.15, 0.2) is 0 Å². The molecule has 9 heavy (non-hydrogen) atoms. The molecule has 0 spiro atoms. The molecular weight excluding hydrogens is 207 g/mol. The third-order valence-corrected chi connectivity index (χ3v) is 3.16. The molecule has 1 atom stereocenters. The molecule has 0 heterocycles. The van der Waals surface area contributed by atoms with Crippen molar-refractivity contribution in [1.29, 1.82) is 0 Å². The number of hydrogen-bond donors (Lipinski definition) is 1. The highest BCUT2D eigenvalue weighted by molar-refractivity contribution is 9.09. The van der Waals surface area contributed by atoms with Crippen molar-refractivity contribution >= 4 is 23.5 Å². The van der Waals surface area contributed by atoms with Crippen LogP contribution in [0.3, 0.4) is 0 Å². The third kappa shape index (κ3) is 5.09. The lowest BCUT2D eigenvalue weighted by atomic mass is 10.9. The fourth-order valence-electron chi connectivity index (χ4n) is 0.373. The Balaban J connectivity index is 3.58. The van der Waals surface area contributed by atoms with E-state index in [4.69, 9.17) is 4.89 Å². The summed E-state index contributed by atoms with van der Waals surface area (Å²) in [6.07, 6.45) is 0.181. The van der Waals surface area contributed by atoms with E-state index in [0.29, 0.717) is 11.9 Å². The maximum absolute atomic E-state index is 10.7. The van der Waals surface area contributed by atoms with Gasteiger partial charge in [0.25, 0.3) is 0 Å². The zero-order chi connectivity index (χ0) is 7.33. The summed E-state index contributed by atoms with van der Waals surface area (Å²) in [4.78, 5) is 8.82. The summed E-state index contributed by atoms with van der Waals surface area (Å²) in [6.45, 7) is 1.98. The zero-order valence-electron chi connectivity index (χ0n) is 5.21. The third-order valence-electron chi connectivity index (χ3n) is 0.698. The van der Waals surface area contributed by atoms with Gasteiger partial charge in [0.05, 0.1) is 12.8 Å². The lowest BCUT2D eigenvalue weighted by molar-refractivity contribution is 0.275. The summed E-state index contributed by atoms with van der Waals surface area (Å²) in [5.41, 5.74) is 0. The molecular formula is C4H10BrO3P. The van der Waals surface area contributed by atoms with Gasteiger partial charge in [0.1, 0.15) is 0 Å². The Morgan fingerprint density at radius 1 is 1.78 bits per heavy atom. The summed E-state index contributed by atoms with van der Waals surface area (Å²) in [5, 5.41) is 0.501. The van der Waals surface area contributed by atoms with E-state index in [9.17, 15) is 4.57 Å². The van der Waals surface area contributed by atoms with E-state index in [0.717, 1.165) is 0 Å². The Morgan fingerprint density at radius 3 is 2.67 bits per heavy atom. The largest absolute Gasteiger partial charge is 0.328 e. The molecule has 0 saturated carbocycles.